The van der Waals surface area contributed by atoms with Gasteiger partial charge in [0.25, 0.3) is 0 Å². The SMILES string of the molecule is COc1ccc(C2=NN(CCO)C(c3ccc(F)cc3)C2)cc1C. The van der Waals surface area contributed by atoms with E-state index in [0.29, 0.717) is 6.54 Å². The fraction of sp³-hybridized carbons (Fsp3) is 0.316. The van der Waals surface area contributed by atoms with Gasteiger partial charge in [-0.1, -0.05) is 12.1 Å². The fourth-order valence-corrected chi connectivity index (χ4v) is 3.07. The van der Waals surface area contributed by atoms with Crippen molar-refractivity contribution in [2.24, 2.45) is 5.10 Å². The highest BCUT2D eigenvalue weighted by Crippen LogP contribution is 2.33. The van der Waals surface area contributed by atoms with E-state index >= 15 is 0 Å². The van der Waals surface area contributed by atoms with Crippen molar-refractivity contribution in [3.63, 3.8) is 0 Å². The van der Waals surface area contributed by atoms with Gasteiger partial charge in [-0.25, -0.2) is 4.39 Å². The maximum atomic E-state index is 13.2. The lowest BCUT2D eigenvalue weighted by Crippen LogP contribution is -2.22. The zero-order valence-electron chi connectivity index (χ0n) is 13.9. The molecule has 0 bridgehead atoms. The summed E-state index contributed by atoms with van der Waals surface area (Å²) in [4.78, 5) is 0. The fourth-order valence-electron chi connectivity index (χ4n) is 3.07. The third kappa shape index (κ3) is 3.26. The molecule has 1 aliphatic rings. The van der Waals surface area contributed by atoms with Crippen LogP contribution in [0.1, 0.15) is 29.2 Å². The van der Waals surface area contributed by atoms with Crippen molar-refractivity contribution in [2.75, 3.05) is 20.3 Å². The minimum atomic E-state index is -0.252. The second-order valence-corrected chi connectivity index (χ2v) is 5.89. The Kier molecular flexibility index (Phi) is 4.81. The number of aliphatic hydroxyl groups is 1. The van der Waals surface area contributed by atoms with Crippen LogP contribution in [0.5, 0.6) is 5.75 Å². The third-order valence-corrected chi connectivity index (χ3v) is 4.31. The summed E-state index contributed by atoms with van der Waals surface area (Å²) in [5.41, 5.74) is 4.05. The lowest BCUT2D eigenvalue weighted by atomic mass is 9.97. The van der Waals surface area contributed by atoms with Gasteiger partial charge in [-0.2, -0.15) is 5.10 Å². The van der Waals surface area contributed by atoms with Gasteiger partial charge in [0.1, 0.15) is 11.6 Å². The number of ether oxygens (including phenoxy) is 1. The minimum Gasteiger partial charge on any atom is -0.496 e. The molecule has 1 aliphatic heterocycles. The van der Waals surface area contributed by atoms with Gasteiger partial charge in [-0.05, 0) is 53.9 Å². The van der Waals surface area contributed by atoms with Crippen molar-refractivity contribution in [3.05, 3.63) is 65.0 Å². The van der Waals surface area contributed by atoms with Crippen molar-refractivity contribution < 1.29 is 14.2 Å². The first-order chi connectivity index (χ1) is 11.6. The van der Waals surface area contributed by atoms with Crippen molar-refractivity contribution >= 4 is 5.71 Å². The summed E-state index contributed by atoms with van der Waals surface area (Å²) in [7, 11) is 1.66. The van der Waals surface area contributed by atoms with Gasteiger partial charge in [0, 0.05) is 6.42 Å². The van der Waals surface area contributed by atoms with E-state index in [2.05, 4.69) is 11.2 Å². The molecule has 1 unspecified atom stereocenters. The molecule has 5 heteroatoms. The molecule has 1 atom stereocenters. The number of aryl methyl sites for hydroxylation is 1. The predicted octanol–water partition coefficient (Wildman–Crippen LogP) is 3.29. The number of β-amino-alcohol motifs (C(OH)–C–C–N with tert-alkyl or cyclic N) is 1. The van der Waals surface area contributed by atoms with Crippen molar-refractivity contribution in [3.8, 4) is 5.75 Å². The lowest BCUT2D eigenvalue weighted by Gasteiger charge is -2.22. The van der Waals surface area contributed by atoms with Gasteiger partial charge < -0.3 is 9.84 Å². The summed E-state index contributed by atoms with van der Waals surface area (Å²) in [5, 5.41) is 15.9. The van der Waals surface area contributed by atoms with Gasteiger partial charge in [0.2, 0.25) is 0 Å². The van der Waals surface area contributed by atoms with E-state index in [1.54, 1.807) is 19.2 Å². The van der Waals surface area contributed by atoms with Crippen molar-refractivity contribution in [1.29, 1.82) is 0 Å². The van der Waals surface area contributed by atoms with Crippen molar-refractivity contribution in [1.82, 2.24) is 5.01 Å². The normalized spacial score (nSPS) is 17.1. The molecule has 0 saturated heterocycles. The molecule has 2 aromatic carbocycles. The Morgan fingerprint density at radius 2 is 2.00 bits per heavy atom. The van der Waals surface area contributed by atoms with Crippen LogP contribution in [0, 0.1) is 12.7 Å². The molecular formula is C19H21FN2O2. The van der Waals surface area contributed by atoms with Crippen LogP contribution in [0.2, 0.25) is 0 Å². The van der Waals surface area contributed by atoms with Crippen LogP contribution in [-0.4, -0.2) is 36.1 Å². The summed E-state index contributed by atoms with van der Waals surface area (Å²) in [6.45, 7) is 2.47. The molecule has 24 heavy (non-hydrogen) atoms. The number of hydrogen-bond acceptors (Lipinski definition) is 4. The van der Waals surface area contributed by atoms with Gasteiger partial charge >= 0.3 is 0 Å². The largest absolute Gasteiger partial charge is 0.496 e. The summed E-state index contributed by atoms with van der Waals surface area (Å²) in [5.74, 6) is 0.594. The molecule has 0 aromatic heterocycles. The molecule has 4 nitrogen and oxygen atoms in total. The number of methoxy groups -OCH3 is 1. The molecule has 0 amide bonds. The first-order valence-corrected chi connectivity index (χ1v) is 7.98. The lowest BCUT2D eigenvalue weighted by molar-refractivity contribution is 0.172. The Balaban J connectivity index is 1.88. The van der Waals surface area contributed by atoms with E-state index in [4.69, 9.17) is 4.74 Å². The van der Waals surface area contributed by atoms with Crippen LogP contribution in [0.15, 0.2) is 47.6 Å². The molecule has 0 spiro atoms. The van der Waals surface area contributed by atoms with Crippen LogP contribution in [0.4, 0.5) is 4.39 Å². The number of hydrogen-bond donors (Lipinski definition) is 1. The van der Waals surface area contributed by atoms with E-state index < -0.39 is 0 Å². The van der Waals surface area contributed by atoms with E-state index in [9.17, 15) is 9.50 Å². The zero-order chi connectivity index (χ0) is 17.1. The number of hydrazone groups is 1. The molecule has 0 aliphatic carbocycles. The van der Waals surface area contributed by atoms with E-state index in [1.165, 1.54) is 12.1 Å². The molecule has 0 saturated carbocycles. The highest BCUT2D eigenvalue weighted by molar-refractivity contribution is 6.02. The summed E-state index contributed by atoms with van der Waals surface area (Å²) >= 11 is 0. The molecule has 1 heterocycles. The zero-order valence-corrected chi connectivity index (χ0v) is 13.9. The van der Waals surface area contributed by atoms with Gasteiger partial charge in [0.05, 0.1) is 32.0 Å². The van der Waals surface area contributed by atoms with E-state index in [1.807, 2.05) is 24.1 Å². The molecular weight excluding hydrogens is 307 g/mol. The van der Waals surface area contributed by atoms with Gasteiger partial charge in [-0.3, -0.25) is 5.01 Å². The highest BCUT2D eigenvalue weighted by Gasteiger charge is 2.28. The molecule has 2 aromatic rings. The number of aliphatic hydroxyl groups excluding tert-OH is 1. The topological polar surface area (TPSA) is 45.1 Å². The molecule has 126 valence electrons. The summed E-state index contributed by atoms with van der Waals surface area (Å²) in [6.07, 6.45) is 0.720. The number of benzene rings is 2. The van der Waals surface area contributed by atoms with Gasteiger partial charge in [-0.15, -0.1) is 0 Å². The van der Waals surface area contributed by atoms with Gasteiger partial charge in [0.15, 0.2) is 0 Å². The predicted molar refractivity (Wildman–Crippen MR) is 91.8 cm³/mol. The minimum absolute atomic E-state index is 0.00941. The smallest absolute Gasteiger partial charge is 0.123 e. The Bertz CT molecular complexity index is 744. The van der Waals surface area contributed by atoms with E-state index in [0.717, 1.165) is 34.6 Å². The number of halogens is 1. The second kappa shape index (κ2) is 7.01. The van der Waals surface area contributed by atoms with Crippen LogP contribution >= 0.6 is 0 Å². The second-order valence-electron chi connectivity index (χ2n) is 5.89. The van der Waals surface area contributed by atoms with Crippen LogP contribution < -0.4 is 4.74 Å². The third-order valence-electron chi connectivity index (χ3n) is 4.31. The molecule has 0 radical (unpaired) electrons. The first-order valence-electron chi connectivity index (χ1n) is 7.98. The standard InChI is InChI=1S/C19H21FN2O2/c1-13-11-15(5-8-19(13)24-2)17-12-18(22(21-17)9-10-23)14-3-6-16(20)7-4-14/h3-8,11,18,23H,9-10,12H2,1-2H3. The van der Waals surface area contributed by atoms with E-state index in [-0.39, 0.29) is 18.5 Å². The maximum Gasteiger partial charge on any atom is 0.123 e. The van der Waals surface area contributed by atoms with Crippen LogP contribution in [0.25, 0.3) is 0 Å². The Labute approximate surface area is 141 Å². The molecule has 3 rings (SSSR count). The average molecular weight is 328 g/mol. The average Bonchev–Trinajstić information content (AvgIpc) is 3.00. The first kappa shape index (κ1) is 16.5. The quantitative estimate of drug-likeness (QED) is 0.916. The molecule has 0 fully saturated rings. The summed E-state index contributed by atoms with van der Waals surface area (Å²) < 4.78 is 18.5. The van der Waals surface area contributed by atoms with Crippen LogP contribution in [-0.2, 0) is 0 Å². The maximum absolute atomic E-state index is 13.2. The number of rotatable bonds is 5. The number of nitrogens with zero attached hydrogens (tertiary/aromatic N) is 2. The Hall–Kier alpha value is -2.40. The Morgan fingerprint density at radius 1 is 1.25 bits per heavy atom. The highest BCUT2D eigenvalue weighted by atomic mass is 19.1. The molecule has 1 N–H and O–H groups in total. The van der Waals surface area contributed by atoms with Crippen LogP contribution in [0.3, 0.4) is 0 Å². The monoisotopic (exact) mass is 328 g/mol. The summed E-state index contributed by atoms with van der Waals surface area (Å²) in [6, 6.07) is 12.5. The Morgan fingerprint density at radius 3 is 2.62 bits per heavy atom. The van der Waals surface area contributed by atoms with Crippen molar-refractivity contribution in [2.45, 2.75) is 19.4 Å².